The highest BCUT2D eigenvalue weighted by atomic mass is 16.5. The fraction of sp³-hybridized carbons (Fsp3) is 0.222. The van der Waals surface area contributed by atoms with Crippen molar-refractivity contribution in [1.29, 1.82) is 0 Å². The zero-order chi connectivity index (χ0) is 18.1. The second-order valence-electron chi connectivity index (χ2n) is 4.94. The number of aromatic carboxylic acids is 1. The van der Waals surface area contributed by atoms with E-state index >= 15 is 0 Å². The molecule has 0 aliphatic heterocycles. The monoisotopic (exact) mass is 343 g/mol. The van der Waals surface area contributed by atoms with Crippen molar-refractivity contribution in [3.05, 3.63) is 53.6 Å². The van der Waals surface area contributed by atoms with E-state index in [2.05, 4.69) is 4.99 Å². The average Bonchev–Trinajstić information content (AvgIpc) is 2.62. The number of benzene rings is 2. The number of ether oxygens (including phenoxy) is 3. The maximum Gasteiger partial charge on any atom is 0.339 e. The molecule has 1 N–H and O–H groups in total. The van der Waals surface area contributed by atoms with E-state index in [1.165, 1.54) is 25.3 Å². The van der Waals surface area contributed by atoms with E-state index in [4.69, 9.17) is 14.2 Å². The SMILES string of the molecule is COCCOc1c(N=C=O)cc(OCc2ccccc2)cc1C(=O)O. The zero-order valence-corrected chi connectivity index (χ0v) is 13.6. The van der Waals surface area contributed by atoms with Crippen molar-refractivity contribution in [2.24, 2.45) is 4.99 Å². The molecule has 7 nitrogen and oxygen atoms in total. The van der Waals surface area contributed by atoms with Gasteiger partial charge in [0.25, 0.3) is 0 Å². The number of carboxylic acid groups (broad SMARTS) is 1. The summed E-state index contributed by atoms with van der Waals surface area (Å²) in [6.07, 6.45) is 1.40. The van der Waals surface area contributed by atoms with Gasteiger partial charge in [0.2, 0.25) is 6.08 Å². The quantitative estimate of drug-likeness (QED) is 0.427. The summed E-state index contributed by atoms with van der Waals surface area (Å²) in [5.41, 5.74) is 0.796. The first kappa shape index (κ1) is 18.2. The number of nitrogens with zero attached hydrogens (tertiary/aromatic N) is 1. The van der Waals surface area contributed by atoms with Crippen LogP contribution >= 0.6 is 0 Å². The van der Waals surface area contributed by atoms with Crippen LogP contribution in [0.25, 0.3) is 0 Å². The fourth-order valence-corrected chi connectivity index (χ4v) is 2.08. The van der Waals surface area contributed by atoms with Crippen molar-refractivity contribution < 1.29 is 28.9 Å². The molecule has 0 aliphatic carbocycles. The molecule has 25 heavy (non-hydrogen) atoms. The molecule has 0 saturated heterocycles. The van der Waals surface area contributed by atoms with Gasteiger partial charge in [-0.2, -0.15) is 4.99 Å². The Morgan fingerprint density at radius 2 is 1.92 bits per heavy atom. The Morgan fingerprint density at radius 1 is 1.16 bits per heavy atom. The van der Waals surface area contributed by atoms with Crippen LogP contribution in [0, 0.1) is 0 Å². The summed E-state index contributed by atoms with van der Waals surface area (Å²) in [7, 11) is 1.49. The smallest absolute Gasteiger partial charge is 0.339 e. The molecule has 130 valence electrons. The Kier molecular flexibility index (Phi) is 6.71. The van der Waals surface area contributed by atoms with Crippen molar-refractivity contribution in [2.75, 3.05) is 20.3 Å². The largest absolute Gasteiger partial charge is 0.489 e. The molecule has 0 heterocycles. The predicted molar refractivity (Wildman–Crippen MR) is 89.3 cm³/mol. The molecule has 7 heteroatoms. The molecule has 2 rings (SSSR count). The number of rotatable bonds is 9. The lowest BCUT2D eigenvalue weighted by molar-refractivity contribution is 0.0689. The van der Waals surface area contributed by atoms with Crippen molar-refractivity contribution in [3.8, 4) is 11.5 Å². The molecule has 0 bridgehead atoms. The summed E-state index contributed by atoms with van der Waals surface area (Å²) in [4.78, 5) is 25.7. The summed E-state index contributed by atoms with van der Waals surface area (Å²) < 4.78 is 15.9. The van der Waals surface area contributed by atoms with Gasteiger partial charge in [-0.15, -0.1) is 0 Å². The minimum absolute atomic E-state index is 0.0278. The Hall–Kier alpha value is -3.15. The summed E-state index contributed by atoms with van der Waals surface area (Å²) in [6, 6.07) is 12.1. The first-order chi connectivity index (χ1) is 12.2. The second-order valence-corrected chi connectivity index (χ2v) is 4.94. The van der Waals surface area contributed by atoms with Crippen LogP contribution in [0.1, 0.15) is 15.9 Å². The average molecular weight is 343 g/mol. The number of methoxy groups -OCH3 is 1. The van der Waals surface area contributed by atoms with E-state index < -0.39 is 5.97 Å². The van der Waals surface area contributed by atoms with Gasteiger partial charge in [-0.25, -0.2) is 9.59 Å². The Labute approximate surface area is 144 Å². The summed E-state index contributed by atoms with van der Waals surface area (Å²) in [5.74, 6) is -0.991. The van der Waals surface area contributed by atoms with Crippen LogP contribution < -0.4 is 9.47 Å². The van der Waals surface area contributed by atoms with E-state index in [1.54, 1.807) is 0 Å². The van der Waals surface area contributed by atoms with Crippen LogP contribution in [0.15, 0.2) is 47.5 Å². The second kappa shape index (κ2) is 9.22. The first-order valence-electron chi connectivity index (χ1n) is 7.43. The molecule has 0 atom stereocenters. The van der Waals surface area contributed by atoms with Crippen molar-refractivity contribution in [3.63, 3.8) is 0 Å². The van der Waals surface area contributed by atoms with Gasteiger partial charge in [-0.05, 0) is 11.6 Å². The topological polar surface area (TPSA) is 94.4 Å². The van der Waals surface area contributed by atoms with Crippen molar-refractivity contribution in [1.82, 2.24) is 0 Å². The Bertz CT molecular complexity index is 745. The molecule has 0 aromatic heterocycles. The van der Waals surface area contributed by atoms with Gasteiger partial charge in [0.1, 0.15) is 30.2 Å². The van der Waals surface area contributed by atoms with E-state index in [0.29, 0.717) is 0 Å². The van der Waals surface area contributed by atoms with Gasteiger partial charge in [-0.3, -0.25) is 0 Å². The number of aliphatic imine (C=N–C) groups is 1. The van der Waals surface area contributed by atoms with Crippen LogP contribution in [-0.2, 0) is 16.1 Å². The fourth-order valence-electron chi connectivity index (χ4n) is 2.08. The van der Waals surface area contributed by atoms with Crippen LogP contribution in [0.5, 0.6) is 11.5 Å². The summed E-state index contributed by atoms with van der Waals surface area (Å²) in [5, 5.41) is 9.42. The van der Waals surface area contributed by atoms with Gasteiger partial charge >= 0.3 is 5.97 Å². The Morgan fingerprint density at radius 3 is 2.56 bits per heavy atom. The minimum atomic E-state index is -1.22. The molecule has 0 fully saturated rings. The molecule has 0 amide bonds. The van der Waals surface area contributed by atoms with Gasteiger partial charge in [-0.1, -0.05) is 30.3 Å². The van der Waals surface area contributed by atoms with Gasteiger partial charge in [0.15, 0.2) is 5.75 Å². The van der Waals surface area contributed by atoms with Gasteiger partial charge in [0, 0.05) is 13.2 Å². The number of isocyanates is 1. The molecule has 0 unspecified atom stereocenters. The first-order valence-corrected chi connectivity index (χ1v) is 7.43. The molecule has 0 radical (unpaired) electrons. The molecular weight excluding hydrogens is 326 g/mol. The Balaban J connectivity index is 2.31. The third-order valence-corrected chi connectivity index (χ3v) is 3.22. The van der Waals surface area contributed by atoms with E-state index in [-0.39, 0.29) is 42.6 Å². The minimum Gasteiger partial charge on any atom is -0.489 e. The lowest BCUT2D eigenvalue weighted by Crippen LogP contribution is -2.09. The molecule has 0 aliphatic rings. The van der Waals surface area contributed by atoms with Crippen LogP contribution in [0.2, 0.25) is 0 Å². The van der Waals surface area contributed by atoms with E-state index in [0.717, 1.165) is 5.56 Å². The normalized spacial score (nSPS) is 9.96. The number of hydrogen-bond acceptors (Lipinski definition) is 6. The number of carboxylic acids is 1. The van der Waals surface area contributed by atoms with E-state index in [9.17, 15) is 14.7 Å². The highest BCUT2D eigenvalue weighted by molar-refractivity contribution is 5.94. The van der Waals surface area contributed by atoms with E-state index in [1.807, 2.05) is 30.3 Å². The molecule has 2 aromatic carbocycles. The maximum absolute atomic E-state index is 11.5. The zero-order valence-electron chi connectivity index (χ0n) is 13.6. The third-order valence-electron chi connectivity index (χ3n) is 3.22. The van der Waals surface area contributed by atoms with Crippen molar-refractivity contribution in [2.45, 2.75) is 6.61 Å². The lowest BCUT2D eigenvalue weighted by Gasteiger charge is -2.14. The molecule has 0 saturated carbocycles. The summed E-state index contributed by atoms with van der Waals surface area (Å²) >= 11 is 0. The van der Waals surface area contributed by atoms with Crippen LogP contribution in [-0.4, -0.2) is 37.5 Å². The number of carbonyl (C=O) groups is 1. The lowest BCUT2D eigenvalue weighted by atomic mass is 10.1. The van der Waals surface area contributed by atoms with Crippen LogP contribution in [0.3, 0.4) is 0 Å². The number of carbonyl (C=O) groups excluding carboxylic acids is 1. The third kappa shape index (κ3) is 5.17. The standard InChI is InChI=1S/C18H17NO6/c1-23-7-8-24-17-15(18(21)22)9-14(10-16(17)19-12-20)25-11-13-5-3-2-4-6-13/h2-6,9-10H,7-8,11H2,1H3,(H,21,22). The highest BCUT2D eigenvalue weighted by Gasteiger charge is 2.19. The van der Waals surface area contributed by atoms with Gasteiger partial charge in [0.05, 0.1) is 6.61 Å². The highest BCUT2D eigenvalue weighted by Crippen LogP contribution is 2.36. The molecule has 2 aromatic rings. The number of hydrogen-bond donors (Lipinski definition) is 1. The molecular formula is C18H17NO6. The van der Waals surface area contributed by atoms with Crippen molar-refractivity contribution >= 4 is 17.7 Å². The predicted octanol–water partition coefficient (Wildman–Crippen LogP) is 2.96. The van der Waals surface area contributed by atoms with Gasteiger partial charge < -0.3 is 19.3 Å². The van der Waals surface area contributed by atoms with Crippen LogP contribution in [0.4, 0.5) is 5.69 Å². The molecule has 0 spiro atoms. The maximum atomic E-state index is 11.5. The summed E-state index contributed by atoms with van der Waals surface area (Å²) in [6.45, 7) is 0.617.